The molecule has 0 saturated carbocycles. The van der Waals surface area contributed by atoms with E-state index in [0.717, 1.165) is 61.3 Å². The van der Waals surface area contributed by atoms with E-state index in [4.69, 9.17) is 4.42 Å². The number of hydrogen-bond donors (Lipinski definition) is 0. The fourth-order valence-electron chi connectivity index (χ4n) is 9.88. The Morgan fingerprint density at radius 3 is 1.25 bits per heavy atom. The molecule has 2 nitrogen and oxygen atoms in total. The highest BCUT2D eigenvalue weighted by Crippen LogP contribution is 2.49. The lowest BCUT2D eigenvalue weighted by Crippen LogP contribution is -2.12. The highest BCUT2D eigenvalue weighted by Gasteiger charge is 2.24. The van der Waals surface area contributed by atoms with Gasteiger partial charge in [-0.3, -0.25) is 0 Å². The minimum absolute atomic E-state index is 0.881. The van der Waals surface area contributed by atoms with Crippen LogP contribution in [-0.2, 0) is 0 Å². The summed E-state index contributed by atoms with van der Waals surface area (Å²) in [6.07, 6.45) is 0. The Hall–Kier alpha value is -8.46. The lowest BCUT2D eigenvalue weighted by Gasteiger charge is -2.31. The first-order chi connectivity index (χ1) is 31.8. The molecular formula is C62H41NO. The Morgan fingerprint density at radius 2 is 0.672 bits per heavy atom. The molecule has 0 bridgehead atoms. The predicted molar refractivity (Wildman–Crippen MR) is 271 cm³/mol. The molecule has 0 aliphatic carbocycles. The zero-order chi connectivity index (χ0) is 42.4. The summed E-state index contributed by atoms with van der Waals surface area (Å²) >= 11 is 0. The monoisotopic (exact) mass is 815 g/mol. The number of anilines is 3. The molecule has 0 saturated heterocycles. The number of para-hydroxylation sites is 3. The van der Waals surface area contributed by atoms with Crippen LogP contribution in [0.4, 0.5) is 17.1 Å². The summed E-state index contributed by atoms with van der Waals surface area (Å²) in [5.41, 5.74) is 16.7. The van der Waals surface area contributed by atoms with Gasteiger partial charge in [-0.1, -0.05) is 212 Å². The highest BCUT2D eigenvalue weighted by molar-refractivity contribution is 6.14. The summed E-state index contributed by atoms with van der Waals surface area (Å²) in [6, 6.07) is 89.8. The van der Waals surface area contributed by atoms with Gasteiger partial charge in [-0.25, -0.2) is 0 Å². The summed E-state index contributed by atoms with van der Waals surface area (Å²) in [4.78, 5) is 2.48. The average molecular weight is 816 g/mol. The van der Waals surface area contributed by atoms with Gasteiger partial charge in [0, 0.05) is 27.6 Å². The van der Waals surface area contributed by atoms with Crippen molar-refractivity contribution in [2.45, 2.75) is 0 Å². The van der Waals surface area contributed by atoms with Crippen LogP contribution < -0.4 is 4.90 Å². The Labute approximate surface area is 372 Å². The van der Waals surface area contributed by atoms with Crippen molar-refractivity contribution in [2.75, 3.05) is 4.90 Å². The van der Waals surface area contributed by atoms with Gasteiger partial charge < -0.3 is 9.32 Å². The van der Waals surface area contributed by atoms with Crippen molar-refractivity contribution in [3.8, 4) is 55.6 Å². The molecule has 300 valence electrons. The van der Waals surface area contributed by atoms with Gasteiger partial charge in [0.05, 0.1) is 11.4 Å². The van der Waals surface area contributed by atoms with Gasteiger partial charge >= 0.3 is 0 Å². The second-order valence-electron chi connectivity index (χ2n) is 16.3. The molecule has 12 aromatic rings. The van der Waals surface area contributed by atoms with Crippen LogP contribution in [0.25, 0.3) is 99.1 Å². The van der Waals surface area contributed by atoms with E-state index in [1.165, 1.54) is 54.9 Å². The molecule has 2 heteroatoms. The Bertz CT molecular complexity index is 3500. The molecule has 0 aliphatic heterocycles. The van der Waals surface area contributed by atoms with E-state index in [1.54, 1.807) is 0 Å². The molecule has 0 amide bonds. The summed E-state index contributed by atoms with van der Waals surface area (Å²) in [5.74, 6) is 0. The maximum absolute atomic E-state index is 6.40. The van der Waals surface area contributed by atoms with Crippen molar-refractivity contribution >= 4 is 60.5 Å². The zero-order valence-corrected chi connectivity index (χ0v) is 35.0. The molecule has 12 rings (SSSR count). The zero-order valence-electron chi connectivity index (χ0n) is 35.0. The van der Waals surface area contributed by atoms with Crippen LogP contribution in [0, 0.1) is 0 Å². The molecule has 11 aromatic carbocycles. The first-order valence-corrected chi connectivity index (χ1v) is 21.9. The van der Waals surface area contributed by atoms with Crippen molar-refractivity contribution in [1.29, 1.82) is 0 Å². The maximum atomic E-state index is 6.40. The first-order valence-electron chi connectivity index (χ1n) is 21.9. The van der Waals surface area contributed by atoms with E-state index in [0.29, 0.717) is 0 Å². The van der Waals surface area contributed by atoms with E-state index in [-0.39, 0.29) is 0 Å². The third-order valence-corrected chi connectivity index (χ3v) is 12.7. The van der Waals surface area contributed by atoms with E-state index in [2.05, 4.69) is 248 Å². The fourth-order valence-corrected chi connectivity index (χ4v) is 9.88. The lowest BCUT2D eigenvalue weighted by molar-refractivity contribution is 0.669. The van der Waals surface area contributed by atoms with Crippen LogP contribution in [0.2, 0.25) is 0 Å². The molecule has 0 fully saturated rings. The van der Waals surface area contributed by atoms with Crippen molar-refractivity contribution < 1.29 is 4.42 Å². The second-order valence-corrected chi connectivity index (χ2v) is 16.3. The summed E-state index contributed by atoms with van der Waals surface area (Å²) in [6.45, 7) is 0. The number of fused-ring (bicyclic) bond motifs is 5. The Morgan fingerprint density at radius 1 is 0.266 bits per heavy atom. The number of rotatable bonds is 8. The second kappa shape index (κ2) is 15.8. The largest absolute Gasteiger partial charge is 0.456 e. The molecule has 0 unspecified atom stereocenters. The van der Waals surface area contributed by atoms with Crippen molar-refractivity contribution in [1.82, 2.24) is 0 Å². The molecule has 0 N–H and O–H groups in total. The molecular weight excluding hydrogens is 775 g/mol. The fraction of sp³-hybridized carbons (Fsp3) is 0. The maximum Gasteiger partial charge on any atom is 0.136 e. The minimum Gasteiger partial charge on any atom is -0.456 e. The van der Waals surface area contributed by atoms with Gasteiger partial charge in [-0.15, -0.1) is 0 Å². The molecule has 1 aromatic heterocycles. The van der Waals surface area contributed by atoms with E-state index in [1.807, 2.05) is 6.07 Å². The quantitative estimate of drug-likeness (QED) is 0.152. The molecule has 0 atom stereocenters. The average Bonchev–Trinajstić information content (AvgIpc) is 3.76. The van der Waals surface area contributed by atoms with Crippen LogP contribution in [0.1, 0.15) is 0 Å². The smallest absolute Gasteiger partial charge is 0.136 e. The van der Waals surface area contributed by atoms with E-state index in [9.17, 15) is 0 Å². The number of hydrogen-bond acceptors (Lipinski definition) is 2. The van der Waals surface area contributed by atoms with Gasteiger partial charge in [-0.05, 0) is 102 Å². The summed E-state index contributed by atoms with van der Waals surface area (Å²) in [5, 5.41) is 7.09. The van der Waals surface area contributed by atoms with Crippen LogP contribution in [-0.4, -0.2) is 0 Å². The van der Waals surface area contributed by atoms with Crippen LogP contribution >= 0.6 is 0 Å². The van der Waals surface area contributed by atoms with Gasteiger partial charge in [-0.2, -0.15) is 0 Å². The SMILES string of the molecule is c1ccc(-c2cccc3cccc(-c4ccccc4N(c4cccc(-c5cccc6oc7ccccc7c56)c4)c4ccccc4-c4cccc5cccc(-c6ccccc6)c45)c23)cc1. The van der Waals surface area contributed by atoms with Gasteiger partial charge in [0.25, 0.3) is 0 Å². The standard InChI is InChI=1S/C62H41NO/c1-3-19-42(20-4-1)48-32-14-23-44-25-16-35-53(60(44)48)51-29-7-10-37-56(51)63(47-28-13-27-46(41-47)50-34-18-40-59-62(50)55-31-9-12-39-58(55)64-59)57-38-11-8-30-52(57)54-36-17-26-45-24-15-33-49(61(45)54)43-21-5-2-6-22-43/h1-41H. The van der Waals surface area contributed by atoms with E-state index < -0.39 is 0 Å². The molecule has 0 aliphatic rings. The first kappa shape index (κ1) is 37.3. The lowest BCUT2D eigenvalue weighted by atomic mass is 9.89. The molecule has 1 heterocycles. The summed E-state index contributed by atoms with van der Waals surface area (Å²) in [7, 11) is 0. The number of nitrogens with zero attached hydrogens (tertiary/aromatic N) is 1. The van der Waals surface area contributed by atoms with Gasteiger partial charge in [0.15, 0.2) is 0 Å². The van der Waals surface area contributed by atoms with Gasteiger partial charge in [0.2, 0.25) is 0 Å². The van der Waals surface area contributed by atoms with Crippen molar-refractivity contribution in [2.24, 2.45) is 0 Å². The number of benzene rings is 11. The number of furan rings is 1. The van der Waals surface area contributed by atoms with Crippen LogP contribution in [0.5, 0.6) is 0 Å². The predicted octanol–water partition coefficient (Wildman–Crippen LogP) is 17.7. The van der Waals surface area contributed by atoms with E-state index >= 15 is 0 Å². The third kappa shape index (κ3) is 6.35. The Balaban J connectivity index is 1.14. The van der Waals surface area contributed by atoms with Crippen molar-refractivity contribution in [3.05, 3.63) is 249 Å². The van der Waals surface area contributed by atoms with Crippen LogP contribution in [0.3, 0.4) is 0 Å². The minimum atomic E-state index is 0.881. The van der Waals surface area contributed by atoms with Gasteiger partial charge in [0.1, 0.15) is 11.2 Å². The topological polar surface area (TPSA) is 16.4 Å². The molecule has 0 radical (unpaired) electrons. The molecule has 64 heavy (non-hydrogen) atoms. The normalized spacial score (nSPS) is 11.4. The van der Waals surface area contributed by atoms with Crippen molar-refractivity contribution in [3.63, 3.8) is 0 Å². The highest BCUT2D eigenvalue weighted by atomic mass is 16.3. The third-order valence-electron chi connectivity index (χ3n) is 12.7. The Kier molecular flexibility index (Phi) is 9.20. The van der Waals surface area contributed by atoms with Crippen LogP contribution in [0.15, 0.2) is 253 Å². The molecule has 0 spiro atoms. The summed E-state index contributed by atoms with van der Waals surface area (Å²) < 4.78 is 6.40.